The second-order valence-electron chi connectivity index (χ2n) is 5.47. The fourth-order valence-corrected chi connectivity index (χ4v) is 4.23. The topological polar surface area (TPSA) is 43.4 Å². The predicted molar refractivity (Wildman–Crippen MR) is 71.5 cm³/mol. The van der Waals surface area contributed by atoms with Gasteiger partial charge in [0.05, 0.1) is 10.8 Å². The Morgan fingerprint density at radius 2 is 1.30 bits per heavy atom. The Morgan fingerprint density at radius 1 is 0.870 bits per heavy atom. The van der Waals surface area contributed by atoms with Gasteiger partial charge in [0.2, 0.25) is 5.82 Å². The predicted octanol–water partition coefficient (Wildman–Crippen LogP) is 4.12. The van der Waals surface area contributed by atoms with E-state index in [2.05, 4.69) is 0 Å². The van der Waals surface area contributed by atoms with Crippen molar-refractivity contribution in [3.05, 3.63) is 34.6 Å². The van der Waals surface area contributed by atoms with Crippen molar-refractivity contribution >= 4 is 10.1 Å². The first-order valence-corrected chi connectivity index (χ1v) is 8.57. The third-order valence-corrected chi connectivity index (χ3v) is 5.73. The summed E-state index contributed by atoms with van der Waals surface area (Å²) in [7, 11) is -4.17. The number of hydrogen-bond donors (Lipinski definition) is 0. The number of benzene rings is 1. The summed E-state index contributed by atoms with van der Waals surface area (Å²) in [6, 6.07) is 0. The van der Waals surface area contributed by atoms with Gasteiger partial charge in [0.15, 0.2) is 23.3 Å². The lowest BCUT2D eigenvalue weighted by Crippen LogP contribution is -2.27. The molecule has 0 heterocycles. The van der Waals surface area contributed by atoms with Gasteiger partial charge >= 0.3 is 0 Å². The number of halogens is 5. The van der Waals surface area contributed by atoms with Crippen LogP contribution in [0.2, 0.25) is 0 Å². The van der Waals surface area contributed by atoms with E-state index in [1.165, 1.54) is 0 Å². The van der Waals surface area contributed by atoms with Crippen LogP contribution in [0.1, 0.15) is 50.7 Å². The van der Waals surface area contributed by atoms with Gasteiger partial charge in [-0.2, -0.15) is 8.42 Å². The summed E-state index contributed by atoms with van der Waals surface area (Å²) < 4.78 is 95.6. The van der Waals surface area contributed by atoms with Crippen molar-refractivity contribution in [2.45, 2.75) is 50.4 Å². The molecule has 1 fully saturated rings. The Bertz CT molecular complexity index is 670. The van der Waals surface area contributed by atoms with E-state index in [1.807, 2.05) is 0 Å². The van der Waals surface area contributed by atoms with E-state index in [0.29, 0.717) is 25.7 Å². The van der Waals surface area contributed by atoms with Crippen LogP contribution in [0.25, 0.3) is 0 Å². The van der Waals surface area contributed by atoms with E-state index in [1.54, 1.807) is 0 Å². The molecule has 1 aliphatic rings. The molecule has 1 aliphatic carbocycles. The first-order valence-electron chi connectivity index (χ1n) is 7.10. The summed E-state index contributed by atoms with van der Waals surface area (Å²) in [4.78, 5) is 0. The van der Waals surface area contributed by atoms with Crippen LogP contribution in [0.3, 0.4) is 0 Å². The van der Waals surface area contributed by atoms with E-state index in [0.717, 1.165) is 13.3 Å². The van der Waals surface area contributed by atoms with Crippen molar-refractivity contribution in [3.63, 3.8) is 0 Å². The van der Waals surface area contributed by atoms with Crippen LogP contribution < -0.4 is 0 Å². The first kappa shape index (κ1) is 18.1. The molecule has 1 atom stereocenters. The molecule has 1 unspecified atom stereocenters. The fraction of sp³-hybridized carbons (Fsp3) is 0.571. The van der Waals surface area contributed by atoms with Crippen LogP contribution >= 0.6 is 0 Å². The average molecular weight is 358 g/mol. The van der Waals surface area contributed by atoms with Gasteiger partial charge in [0.1, 0.15) is 6.10 Å². The molecule has 2 rings (SSSR count). The van der Waals surface area contributed by atoms with Crippen LogP contribution in [0.4, 0.5) is 22.0 Å². The van der Waals surface area contributed by atoms with Crippen molar-refractivity contribution < 1.29 is 34.6 Å². The molecule has 0 N–H and O–H groups in total. The minimum absolute atomic E-state index is 0.339. The lowest BCUT2D eigenvalue weighted by atomic mass is 10.0. The smallest absolute Gasteiger partial charge is 0.262 e. The van der Waals surface area contributed by atoms with Crippen LogP contribution in [-0.2, 0) is 14.3 Å². The van der Waals surface area contributed by atoms with Gasteiger partial charge in [-0.15, -0.1) is 0 Å². The van der Waals surface area contributed by atoms with Crippen molar-refractivity contribution in [2.24, 2.45) is 0 Å². The highest BCUT2D eigenvalue weighted by atomic mass is 32.2. The van der Waals surface area contributed by atoms with Crippen molar-refractivity contribution in [1.82, 2.24) is 0 Å². The molecule has 0 saturated heterocycles. The minimum atomic E-state index is -4.17. The van der Waals surface area contributed by atoms with Crippen LogP contribution in [-0.4, -0.2) is 13.7 Å². The molecular weight excluding hydrogens is 343 g/mol. The zero-order chi connectivity index (χ0) is 17.4. The summed E-state index contributed by atoms with van der Waals surface area (Å²) in [5.74, 6) is -10.7. The van der Waals surface area contributed by atoms with Crippen LogP contribution in [0.15, 0.2) is 0 Å². The van der Waals surface area contributed by atoms with E-state index < -0.39 is 56.1 Å². The highest BCUT2D eigenvalue weighted by Gasteiger charge is 2.34. The average Bonchev–Trinajstić information content (AvgIpc) is 2.51. The maximum absolute atomic E-state index is 13.7. The zero-order valence-electron chi connectivity index (χ0n) is 12.2. The van der Waals surface area contributed by atoms with E-state index in [-0.39, 0.29) is 0 Å². The molecule has 1 aromatic rings. The Hall–Kier alpha value is -1.22. The van der Waals surface area contributed by atoms with Gasteiger partial charge in [-0.05, 0) is 19.8 Å². The van der Waals surface area contributed by atoms with Crippen LogP contribution in [0, 0.1) is 29.1 Å². The SMILES string of the molecule is CC(OS(=O)(=O)C1CCCCC1)c1c(F)c(F)c(F)c(F)c1F. The molecule has 0 spiro atoms. The van der Waals surface area contributed by atoms with Crippen LogP contribution in [0.5, 0.6) is 0 Å². The Morgan fingerprint density at radius 3 is 1.78 bits per heavy atom. The van der Waals surface area contributed by atoms with E-state index in [4.69, 9.17) is 4.18 Å². The van der Waals surface area contributed by atoms with Gasteiger partial charge in [0.25, 0.3) is 10.1 Å². The summed E-state index contributed by atoms with van der Waals surface area (Å²) >= 11 is 0. The molecule has 9 heteroatoms. The lowest BCUT2D eigenvalue weighted by molar-refractivity contribution is 0.209. The van der Waals surface area contributed by atoms with Crippen molar-refractivity contribution in [2.75, 3.05) is 0 Å². The first-order chi connectivity index (χ1) is 10.7. The van der Waals surface area contributed by atoms with E-state index in [9.17, 15) is 30.4 Å². The quantitative estimate of drug-likeness (QED) is 0.352. The fourth-order valence-electron chi connectivity index (χ4n) is 2.66. The third kappa shape index (κ3) is 3.50. The third-order valence-electron chi connectivity index (χ3n) is 3.89. The Labute approximate surface area is 130 Å². The van der Waals surface area contributed by atoms with Gasteiger partial charge in [0, 0.05) is 0 Å². The number of rotatable bonds is 4. The standard InChI is InChI=1S/C14H15F5O3S/c1-7(22-23(20,21)8-5-3-2-4-6-8)9-10(15)12(17)14(19)13(18)11(9)16/h7-8H,2-6H2,1H3. The normalized spacial score (nSPS) is 18.2. The monoisotopic (exact) mass is 358 g/mol. The summed E-state index contributed by atoms with van der Waals surface area (Å²) in [5.41, 5.74) is -1.29. The molecule has 0 aromatic heterocycles. The second kappa shape index (κ2) is 6.72. The van der Waals surface area contributed by atoms with Gasteiger partial charge in [-0.25, -0.2) is 22.0 Å². The molecule has 0 amide bonds. The van der Waals surface area contributed by atoms with Crippen molar-refractivity contribution in [3.8, 4) is 0 Å². The highest BCUT2D eigenvalue weighted by Crippen LogP contribution is 2.33. The molecule has 1 aromatic carbocycles. The summed E-state index contributed by atoms with van der Waals surface area (Å²) in [5, 5.41) is -0.833. The van der Waals surface area contributed by atoms with Gasteiger partial charge < -0.3 is 0 Å². The van der Waals surface area contributed by atoms with E-state index >= 15 is 0 Å². The molecule has 1 saturated carbocycles. The molecule has 0 radical (unpaired) electrons. The van der Waals surface area contributed by atoms with Gasteiger partial charge in [-0.3, -0.25) is 4.18 Å². The Kier molecular flexibility index (Phi) is 5.30. The molecule has 130 valence electrons. The summed E-state index contributed by atoms with van der Waals surface area (Å²) in [6.07, 6.45) is 1.07. The largest absolute Gasteiger partial charge is 0.270 e. The Balaban J connectivity index is 2.32. The van der Waals surface area contributed by atoms with Gasteiger partial charge in [-0.1, -0.05) is 19.3 Å². The summed E-state index contributed by atoms with van der Waals surface area (Å²) in [6.45, 7) is 0.929. The maximum atomic E-state index is 13.7. The molecule has 0 bridgehead atoms. The van der Waals surface area contributed by atoms with Crippen molar-refractivity contribution in [1.29, 1.82) is 0 Å². The minimum Gasteiger partial charge on any atom is -0.262 e. The second-order valence-corrected chi connectivity index (χ2v) is 7.32. The number of hydrogen-bond acceptors (Lipinski definition) is 3. The molecule has 23 heavy (non-hydrogen) atoms. The zero-order valence-corrected chi connectivity index (χ0v) is 13.0. The molecule has 0 aliphatic heterocycles. The molecular formula is C14H15F5O3S. The highest BCUT2D eigenvalue weighted by molar-refractivity contribution is 7.87. The lowest BCUT2D eigenvalue weighted by Gasteiger charge is -2.23. The maximum Gasteiger partial charge on any atom is 0.270 e. The molecule has 3 nitrogen and oxygen atoms in total.